The summed E-state index contributed by atoms with van der Waals surface area (Å²) in [7, 11) is 2.17. The molecule has 0 radical (unpaired) electrons. The third-order valence-electron chi connectivity index (χ3n) is 4.13. The monoisotopic (exact) mass is 267 g/mol. The molecule has 1 aliphatic rings. The summed E-state index contributed by atoms with van der Waals surface area (Å²) in [4.78, 5) is 6.99. The van der Waals surface area contributed by atoms with Gasteiger partial charge in [-0.2, -0.15) is 0 Å². The quantitative estimate of drug-likeness (QED) is 0.910. The molecule has 102 valence electrons. The van der Waals surface area contributed by atoms with Crippen molar-refractivity contribution in [2.75, 3.05) is 11.9 Å². The lowest BCUT2D eigenvalue weighted by Gasteiger charge is -2.38. The number of nitrogens with two attached hydrogens (primary N) is 1. The van der Waals surface area contributed by atoms with Crippen LogP contribution in [-0.4, -0.2) is 18.1 Å². The summed E-state index contributed by atoms with van der Waals surface area (Å²) in [6, 6.07) is 0.679. The number of anilines is 1. The van der Waals surface area contributed by atoms with Crippen molar-refractivity contribution in [3.63, 3.8) is 0 Å². The van der Waals surface area contributed by atoms with Gasteiger partial charge in [0.1, 0.15) is 0 Å². The molecule has 2 N–H and O–H groups in total. The molecule has 0 bridgehead atoms. The molecule has 1 saturated carbocycles. The Labute approximate surface area is 114 Å². The second-order valence-corrected chi connectivity index (χ2v) is 7.19. The molecule has 1 fully saturated rings. The van der Waals surface area contributed by atoms with Crippen LogP contribution in [0.4, 0.5) is 5.13 Å². The topological polar surface area (TPSA) is 42.1 Å². The third kappa shape index (κ3) is 3.04. The predicted octanol–water partition coefficient (Wildman–Crippen LogP) is 3.57. The lowest BCUT2D eigenvalue weighted by molar-refractivity contribution is 0.222. The Balaban J connectivity index is 2.00. The molecule has 3 nitrogen and oxygen atoms in total. The Morgan fingerprint density at radius 3 is 2.56 bits per heavy atom. The van der Waals surface area contributed by atoms with Gasteiger partial charge in [-0.05, 0) is 38.0 Å². The summed E-state index contributed by atoms with van der Waals surface area (Å²) in [6.45, 7) is 6.74. The molecule has 0 saturated heterocycles. The minimum atomic E-state index is 0.0358. The van der Waals surface area contributed by atoms with Gasteiger partial charge in [-0.1, -0.05) is 13.8 Å². The average molecular weight is 267 g/mol. The van der Waals surface area contributed by atoms with Crippen LogP contribution in [0.2, 0.25) is 0 Å². The van der Waals surface area contributed by atoms with Crippen LogP contribution in [0, 0.1) is 5.41 Å². The fourth-order valence-corrected chi connectivity index (χ4v) is 3.54. The Morgan fingerprint density at radius 2 is 2.06 bits per heavy atom. The number of hydrogen-bond donors (Lipinski definition) is 1. The second kappa shape index (κ2) is 5.17. The van der Waals surface area contributed by atoms with Gasteiger partial charge in [0.25, 0.3) is 0 Å². The molecule has 4 heteroatoms. The highest BCUT2D eigenvalue weighted by molar-refractivity contribution is 7.13. The van der Waals surface area contributed by atoms with Crippen molar-refractivity contribution in [3.8, 4) is 0 Å². The van der Waals surface area contributed by atoms with E-state index in [1.807, 2.05) is 6.92 Å². The van der Waals surface area contributed by atoms with E-state index >= 15 is 0 Å². The van der Waals surface area contributed by atoms with Crippen LogP contribution in [0.5, 0.6) is 0 Å². The summed E-state index contributed by atoms with van der Waals surface area (Å²) in [5.74, 6) is 0. The summed E-state index contributed by atoms with van der Waals surface area (Å²) in [6.07, 6.45) is 5.17. The van der Waals surface area contributed by atoms with Gasteiger partial charge >= 0.3 is 0 Å². The molecule has 0 amide bonds. The first-order valence-electron chi connectivity index (χ1n) is 6.83. The molecular formula is C14H25N3S. The Bertz CT molecular complexity index is 387. The molecule has 0 spiro atoms. The average Bonchev–Trinajstić information content (AvgIpc) is 2.77. The second-order valence-electron chi connectivity index (χ2n) is 6.35. The van der Waals surface area contributed by atoms with Crippen LogP contribution in [-0.2, 0) is 0 Å². The number of aromatic nitrogens is 1. The van der Waals surface area contributed by atoms with Crippen molar-refractivity contribution in [2.45, 2.75) is 58.5 Å². The number of hydrogen-bond acceptors (Lipinski definition) is 4. The molecule has 1 aromatic heterocycles. The van der Waals surface area contributed by atoms with E-state index in [4.69, 9.17) is 5.73 Å². The molecule has 1 heterocycles. The van der Waals surface area contributed by atoms with Gasteiger partial charge in [-0.25, -0.2) is 4.98 Å². The van der Waals surface area contributed by atoms with Gasteiger partial charge in [0.2, 0.25) is 0 Å². The number of thiazole rings is 1. The standard InChI is InChI=1S/C14H25N3S/c1-10(15)12-9-18-13(16-12)17(4)11-5-7-14(2,3)8-6-11/h9-11H,5-8,15H2,1-4H3. The van der Waals surface area contributed by atoms with Gasteiger partial charge in [-0.3, -0.25) is 0 Å². The van der Waals surface area contributed by atoms with Gasteiger partial charge < -0.3 is 10.6 Å². The van der Waals surface area contributed by atoms with Gasteiger partial charge in [0, 0.05) is 24.5 Å². The molecule has 1 aliphatic carbocycles. The van der Waals surface area contributed by atoms with Crippen LogP contribution in [0.3, 0.4) is 0 Å². The lowest BCUT2D eigenvalue weighted by Crippen LogP contribution is -2.37. The Kier molecular flexibility index (Phi) is 3.97. The van der Waals surface area contributed by atoms with E-state index in [1.54, 1.807) is 11.3 Å². The normalized spacial score (nSPS) is 21.8. The summed E-state index contributed by atoms with van der Waals surface area (Å²) in [5.41, 5.74) is 7.40. The molecule has 0 aliphatic heterocycles. The fourth-order valence-electron chi connectivity index (χ4n) is 2.57. The highest BCUT2D eigenvalue weighted by Crippen LogP contribution is 2.38. The minimum absolute atomic E-state index is 0.0358. The first kappa shape index (κ1) is 13.8. The fraction of sp³-hybridized carbons (Fsp3) is 0.786. The predicted molar refractivity (Wildman–Crippen MR) is 79.2 cm³/mol. The smallest absolute Gasteiger partial charge is 0.185 e. The maximum Gasteiger partial charge on any atom is 0.185 e. The van der Waals surface area contributed by atoms with E-state index in [-0.39, 0.29) is 6.04 Å². The van der Waals surface area contributed by atoms with Crippen LogP contribution < -0.4 is 10.6 Å². The van der Waals surface area contributed by atoms with Gasteiger partial charge in [0.05, 0.1) is 5.69 Å². The van der Waals surface area contributed by atoms with E-state index in [0.29, 0.717) is 11.5 Å². The maximum atomic E-state index is 5.87. The van der Waals surface area contributed by atoms with Crippen molar-refractivity contribution >= 4 is 16.5 Å². The van der Waals surface area contributed by atoms with E-state index < -0.39 is 0 Å². The maximum absolute atomic E-state index is 5.87. The largest absolute Gasteiger partial charge is 0.348 e. The molecule has 1 unspecified atom stereocenters. The van der Waals surface area contributed by atoms with Crippen LogP contribution in [0.1, 0.15) is 58.2 Å². The third-order valence-corrected chi connectivity index (χ3v) is 5.08. The van der Waals surface area contributed by atoms with Crippen LogP contribution in [0.15, 0.2) is 5.38 Å². The van der Waals surface area contributed by atoms with Crippen LogP contribution >= 0.6 is 11.3 Å². The van der Waals surface area contributed by atoms with E-state index in [9.17, 15) is 0 Å². The molecular weight excluding hydrogens is 242 g/mol. The van der Waals surface area contributed by atoms with Gasteiger partial charge in [0.15, 0.2) is 5.13 Å². The zero-order valence-electron chi connectivity index (χ0n) is 11.9. The molecule has 2 rings (SSSR count). The summed E-state index contributed by atoms with van der Waals surface area (Å²) >= 11 is 1.71. The SMILES string of the molecule is CC(N)c1csc(N(C)C2CCC(C)(C)CC2)n1. The van der Waals surface area contributed by atoms with Crippen molar-refractivity contribution in [3.05, 3.63) is 11.1 Å². The minimum Gasteiger partial charge on any atom is -0.348 e. The highest BCUT2D eigenvalue weighted by atomic mass is 32.1. The summed E-state index contributed by atoms with van der Waals surface area (Å²) in [5, 5.41) is 3.20. The van der Waals surface area contributed by atoms with Crippen LogP contribution in [0.25, 0.3) is 0 Å². The lowest BCUT2D eigenvalue weighted by atomic mass is 9.75. The van der Waals surface area contributed by atoms with E-state index in [2.05, 4.69) is 36.2 Å². The zero-order valence-corrected chi connectivity index (χ0v) is 12.8. The first-order chi connectivity index (χ1) is 8.39. The molecule has 1 atom stereocenters. The molecule has 18 heavy (non-hydrogen) atoms. The first-order valence-corrected chi connectivity index (χ1v) is 7.71. The van der Waals surface area contributed by atoms with Gasteiger partial charge in [-0.15, -0.1) is 11.3 Å². The van der Waals surface area contributed by atoms with E-state index in [1.165, 1.54) is 25.7 Å². The number of nitrogens with zero attached hydrogens (tertiary/aromatic N) is 2. The van der Waals surface area contributed by atoms with Crippen molar-refractivity contribution < 1.29 is 0 Å². The van der Waals surface area contributed by atoms with Crippen molar-refractivity contribution in [2.24, 2.45) is 11.1 Å². The van der Waals surface area contributed by atoms with Crippen molar-refractivity contribution in [1.82, 2.24) is 4.98 Å². The zero-order chi connectivity index (χ0) is 13.3. The highest BCUT2D eigenvalue weighted by Gasteiger charge is 2.29. The van der Waals surface area contributed by atoms with E-state index in [0.717, 1.165) is 10.8 Å². The molecule has 0 aromatic carbocycles. The Hall–Kier alpha value is -0.610. The summed E-state index contributed by atoms with van der Waals surface area (Å²) < 4.78 is 0. The number of rotatable bonds is 3. The van der Waals surface area contributed by atoms with Crippen molar-refractivity contribution in [1.29, 1.82) is 0 Å². The molecule has 1 aromatic rings. The Morgan fingerprint density at radius 1 is 1.44 bits per heavy atom.